The van der Waals surface area contributed by atoms with Crippen LogP contribution in [0.4, 0.5) is 5.69 Å². The van der Waals surface area contributed by atoms with Crippen LogP contribution in [0.15, 0.2) is 34.9 Å². The topological polar surface area (TPSA) is 50.1 Å². The number of hydrogen-bond donors (Lipinski definition) is 2. The summed E-state index contributed by atoms with van der Waals surface area (Å²) < 4.78 is 2.77. The summed E-state index contributed by atoms with van der Waals surface area (Å²) in [5.74, 6) is 0. The highest BCUT2D eigenvalue weighted by atomic mass is 79.9. The van der Waals surface area contributed by atoms with Crippen LogP contribution in [0, 0.1) is 0 Å². The average Bonchev–Trinajstić information content (AvgIpc) is 2.79. The Labute approximate surface area is 121 Å². The van der Waals surface area contributed by atoms with Crippen LogP contribution in [-0.4, -0.2) is 21.5 Å². The van der Waals surface area contributed by atoms with Crippen LogP contribution in [0.3, 0.4) is 0 Å². The summed E-state index contributed by atoms with van der Waals surface area (Å²) in [5, 5.41) is 17.4. The number of aryl methyl sites for hydroxylation is 2. The van der Waals surface area contributed by atoms with E-state index in [4.69, 9.17) is 0 Å². The molecule has 4 nitrogen and oxygen atoms in total. The van der Waals surface area contributed by atoms with Gasteiger partial charge in [-0.05, 0) is 34.5 Å². The quantitative estimate of drug-likeness (QED) is 0.889. The van der Waals surface area contributed by atoms with Gasteiger partial charge in [0.25, 0.3) is 0 Å². The molecule has 1 aromatic heterocycles. The molecule has 0 fully saturated rings. The number of nitrogens with zero attached hydrogens (tertiary/aromatic N) is 2. The van der Waals surface area contributed by atoms with E-state index in [9.17, 15) is 5.11 Å². The number of aliphatic hydroxyl groups is 1. The molecule has 0 saturated heterocycles. The van der Waals surface area contributed by atoms with Gasteiger partial charge in [0.15, 0.2) is 0 Å². The largest absolute Gasteiger partial charge is 0.394 e. The molecule has 19 heavy (non-hydrogen) atoms. The first kappa shape index (κ1) is 14.1. The molecule has 0 spiro atoms. The van der Waals surface area contributed by atoms with Crippen molar-refractivity contribution in [2.45, 2.75) is 19.4 Å². The number of anilines is 1. The van der Waals surface area contributed by atoms with Crippen molar-refractivity contribution in [3.8, 4) is 0 Å². The molecule has 1 atom stereocenters. The molecule has 1 heterocycles. The molecule has 2 aromatic rings. The van der Waals surface area contributed by atoms with E-state index in [0.29, 0.717) is 0 Å². The maximum atomic E-state index is 9.65. The monoisotopic (exact) mass is 323 g/mol. The summed E-state index contributed by atoms with van der Waals surface area (Å²) in [6.45, 7) is 2.10. The van der Waals surface area contributed by atoms with Gasteiger partial charge in [0.2, 0.25) is 0 Å². The van der Waals surface area contributed by atoms with Crippen molar-refractivity contribution >= 4 is 21.6 Å². The van der Waals surface area contributed by atoms with Gasteiger partial charge in [0.05, 0.1) is 18.3 Å². The van der Waals surface area contributed by atoms with Gasteiger partial charge in [-0.1, -0.05) is 19.1 Å². The Balaban J connectivity index is 2.27. The zero-order valence-corrected chi connectivity index (χ0v) is 12.7. The minimum atomic E-state index is -0.151. The zero-order valence-electron chi connectivity index (χ0n) is 11.1. The molecule has 2 rings (SSSR count). The molecule has 102 valence electrons. The highest BCUT2D eigenvalue weighted by Crippen LogP contribution is 2.27. The average molecular weight is 324 g/mol. The van der Waals surface area contributed by atoms with Crippen molar-refractivity contribution in [1.82, 2.24) is 9.78 Å². The van der Waals surface area contributed by atoms with Crippen molar-refractivity contribution < 1.29 is 5.11 Å². The Bertz CT molecular complexity index is 553. The number of hydrogen-bond acceptors (Lipinski definition) is 3. The Morgan fingerprint density at radius 1 is 1.42 bits per heavy atom. The molecular formula is C14H18BrN3O. The summed E-state index contributed by atoms with van der Waals surface area (Å²) in [6.07, 6.45) is 2.81. The Hall–Kier alpha value is -1.33. The fraction of sp³-hybridized carbons (Fsp3) is 0.357. The molecule has 0 bridgehead atoms. The van der Waals surface area contributed by atoms with Gasteiger partial charge < -0.3 is 10.4 Å². The van der Waals surface area contributed by atoms with E-state index in [0.717, 1.165) is 27.8 Å². The minimum Gasteiger partial charge on any atom is -0.394 e. The van der Waals surface area contributed by atoms with Gasteiger partial charge in [0, 0.05) is 29.0 Å². The van der Waals surface area contributed by atoms with Crippen LogP contribution in [0.5, 0.6) is 0 Å². The number of rotatable bonds is 5. The molecule has 0 saturated carbocycles. The van der Waals surface area contributed by atoms with Gasteiger partial charge >= 0.3 is 0 Å². The van der Waals surface area contributed by atoms with Gasteiger partial charge in [-0.25, -0.2) is 0 Å². The van der Waals surface area contributed by atoms with Gasteiger partial charge in [-0.2, -0.15) is 5.10 Å². The Morgan fingerprint density at radius 2 is 2.16 bits per heavy atom. The van der Waals surface area contributed by atoms with Crippen LogP contribution in [0.2, 0.25) is 0 Å². The maximum Gasteiger partial charge on any atom is 0.0778 e. The van der Waals surface area contributed by atoms with E-state index < -0.39 is 0 Å². The summed E-state index contributed by atoms with van der Waals surface area (Å²) in [6, 6.07) is 7.73. The van der Waals surface area contributed by atoms with E-state index in [1.807, 2.05) is 37.5 Å². The highest BCUT2D eigenvalue weighted by molar-refractivity contribution is 9.10. The van der Waals surface area contributed by atoms with Gasteiger partial charge in [0.1, 0.15) is 0 Å². The molecule has 0 amide bonds. The predicted octanol–water partition coefficient (Wildman–Crippen LogP) is 2.89. The molecular weight excluding hydrogens is 306 g/mol. The smallest absolute Gasteiger partial charge is 0.0778 e. The lowest BCUT2D eigenvalue weighted by Crippen LogP contribution is -2.16. The number of para-hydroxylation sites is 1. The summed E-state index contributed by atoms with van der Waals surface area (Å²) in [4.78, 5) is 0. The SMILES string of the molecule is CCc1nn(C)cc1C(CO)Nc1ccccc1Br. The first-order valence-corrected chi connectivity index (χ1v) is 7.09. The second-order valence-electron chi connectivity index (χ2n) is 4.42. The first-order valence-electron chi connectivity index (χ1n) is 6.30. The number of aliphatic hydroxyl groups excluding tert-OH is 1. The summed E-state index contributed by atoms with van der Waals surface area (Å²) in [5.41, 5.74) is 3.02. The summed E-state index contributed by atoms with van der Waals surface area (Å²) in [7, 11) is 1.90. The second kappa shape index (κ2) is 6.21. The predicted molar refractivity (Wildman–Crippen MR) is 80.2 cm³/mol. The van der Waals surface area contributed by atoms with Crippen molar-refractivity contribution in [3.63, 3.8) is 0 Å². The maximum absolute atomic E-state index is 9.65. The van der Waals surface area contributed by atoms with Crippen LogP contribution >= 0.6 is 15.9 Å². The van der Waals surface area contributed by atoms with E-state index in [-0.39, 0.29) is 12.6 Å². The minimum absolute atomic E-state index is 0.0278. The standard InChI is InChI=1S/C14H18BrN3O/c1-3-12-10(8-18(2)17-12)14(9-19)16-13-7-5-4-6-11(13)15/h4-8,14,16,19H,3,9H2,1-2H3. The molecule has 0 aliphatic carbocycles. The third-order valence-corrected chi connectivity index (χ3v) is 3.73. The van der Waals surface area contributed by atoms with Crippen molar-refractivity contribution in [1.29, 1.82) is 0 Å². The van der Waals surface area contributed by atoms with Crippen molar-refractivity contribution in [2.75, 3.05) is 11.9 Å². The van der Waals surface area contributed by atoms with Crippen LogP contribution in [0.25, 0.3) is 0 Å². The molecule has 5 heteroatoms. The van der Waals surface area contributed by atoms with Gasteiger partial charge in [-0.3, -0.25) is 4.68 Å². The van der Waals surface area contributed by atoms with E-state index in [2.05, 4.69) is 33.3 Å². The lowest BCUT2D eigenvalue weighted by Gasteiger charge is -2.18. The Kier molecular flexibility index (Phi) is 4.61. The third kappa shape index (κ3) is 3.16. The fourth-order valence-corrected chi connectivity index (χ4v) is 2.51. The first-order chi connectivity index (χ1) is 9.15. The van der Waals surface area contributed by atoms with Crippen LogP contribution in [-0.2, 0) is 13.5 Å². The van der Waals surface area contributed by atoms with Crippen LogP contribution in [0.1, 0.15) is 24.2 Å². The summed E-state index contributed by atoms with van der Waals surface area (Å²) >= 11 is 3.50. The Morgan fingerprint density at radius 3 is 2.79 bits per heavy atom. The van der Waals surface area contributed by atoms with Crippen molar-refractivity contribution in [3.05, 3.63) is 46.2 Å². The second-order valence-corrected chi connectivity index (χ2v) is 5.27. The third-order valence-electron chi connectivity index (χ3n) is 3.03. The molecule has 0 radical (unpaired) electrons. The van der Waals surface area contributed by atoms with Crippen molar-refractivity contribution in [2.24, 2.45) is 7.05 Å². The molecule has 0 aliphatic heterocycles. The van der Waals surface area contributed by atoms with E-state index >= 15 is 0 Å². The van der Waals surface area contributed by atoms with E-state index in [1.54, 1.807) is 4.68 Å². The number of halogens is 1. The van der Waals surface area contributed by atoms with Gasteiger partial charge in [-0.15, -0.1) is 0 Å². The fourth-order valence-electron chi connectivity index (χ4n) is 2.11. The highest BCUT2D eigenvalue weighted by Gasteiger charge is 2.17. The zero-order chi connectivity index (χ0) is 13.8. The number of nitrogens with one attached hydrogen (secondary N) is 1. The normalized spacial score (nSPS) is 12.4. The van der Waals surface area contributed by atoms with Crippen LogP contribution < -0.4 is 5.32 Å². The molecule has 1 unspecified atom stereocenters. The number of aromatic nitrogens is 2. The molecule has 2 N–H and O–H groups in total. The van der Waals surface area contributed by atoms with E-state index in [1.165, 1.54) is 0 Å². The lowest BCUT2D eigenvalue weighted by molar-refractivity contribution is 0.276. The number of benzene rings is 1. The molecule has 0 aliphatic rings. The molecule has 1 aromatic carbocycles. The lowest BCUT2D eigenvalue weighted by atomic mass is 10.1.